The number of hydrogen-bond donors (Lipinski definition) is 1. The van der Waals surface area contributed by atoms with Crippen LogP contribution in [0.25, 0.3) is 0 Å². The molecular weight excluding hydrogens is 258 g/mol. The van der Waals surface area contributed by atoms with E-state index in [-0.39, 0.29) is 18.1 Å². The van der Waals surface area contributed by atoms with Gasteiger partial charge in [-0.05, 0) is 31.5 Å². The van der Waals surface area contributed by atoms with Crippen LogP contribution in [0.4, 0.5) is 4.39 Å². The molecule has 104 valence electrons. The summed E-state index contributed by atoms with van der Waals surface area (Å²) in [6, 6.07) is 4.53. The fourth-order valence-corrected chi connectivity index (χ4v) is 2.03. The Balaban J connectivity index is 1.96. The number of amides is 1. The van der Waals surface area contributed by atoms with Gasteiger partial charge in [0.1, 0.15) is 19.4 Å². The van der Waals surface area contributed by atoms with E-state index in [9.17, 15) is 9.18 Å². The van der Waals surface area contributed by atoms with Gasteiger partial charge in [-0.1, -0.05) is 16.7 Å². The highest BCUT2D eigenvalue weighted by molar-refractivity contribution is 6.33. The molecule has 1 heterocycles. The Labute approximate surface area is 117 Å². The standard InChI is InChI=1S/C14H16BFN2O2/c1-8-12(9(2)20-18-8)6-14(19)17-7-10-3-4-11(16)5-13(10)15/h3-5H,6-7,15H2,1-2H3,(H,17,19). The van der Waals surface area contributed by atoms with Crippen LogP contribution >= 0.6 is 0 Å². The summed E-state index contributed by atoms with van der Waals surface area (Å²) in [4.78, 5) is 11.9. The van der Waals surface area contributed by atoms with Crippen LogP contribution in [-0.2, 0) is 17.8 Å². The Hall–Kier alpha value is -2.11. The second kappa shape index (κ2) is 5.90. The largest absolute Gasteiger partial charge is 0.361 e. The molecule has 0 unspecified atom stereocenters. The first-order chi connectivity index (χ1) is 9.47. The summed E-state index contributed by atoms with van der Waals surface area (Å²) in [6.45, 7) is 3.98. The third kappa shape index (κ3) is 3.26. The summed E-state index contributed by atoms with van der Waals surface area (Å²) in [5, 5.41) is 6.64. The van der Waals surface area contributed by atoms with Gasteiger partial charge in [0.25, 0.3) is 0 Å². The number of benzene rings is 1. The van der Waals surface area contributed by atoms with Crippen molar-refractivity contribution in [3.63, 3.8) is 0 Å². The lowest BCUT2D eigenvalue weighted by atomic mass is 9.90. The number of rotatable bonds is 4. The van der Waals surface area contributed by atoms with E-state index in [1.807, 2.05) is 14.8 Å². The molecule has 0 saturated carbocycles. The van der Waals surface area contributed by atoms with E-state index in [1.54, 1.807) is 13.0 Å². The molecule has 2 rings (SSSR count). The summed E-state index contributed by atoms with van der Waals surface area (Å²) in [5.41, 5.74) is 3.27. The third-order valence-electron chi connectivity index (χ3n) is 3.30. The van der Waals surface area contributed by atoms with Crippen LogP contribution < -0.4 is 10.8 Å². The quantitative estimate of drug-likeness (QED) is 0.828. The SMILES string of the molecule is Bc1cc(F)ccc1CNC(=O)Cc1c(C)noc1C. The molecule has 0 saturated heterocycles. The number of hydrogen-bond acceptors (Lipinski definition) is 3. The van der Waals surface area contributed by atoms with Crippen molar-refractivity contribution >= 4 is 19.2 Å². The predicted octanol–water partition coefficient (Wildman–Crippen LogP) is 0.548. The summed E-state index contributed by atoms with van der Waals surface area (Å²) in [5.74, 6) is 0.284. The van der Waals surface area contributed by atoms with Crippen molar-refractivity contribution in [1.82, 2.24) is 10.5 Å². The first-order valence-electron chi connectivity index (χ1n) is 6.41. The monoisotopic (exact) mass is 274 g/mol. The van der Waals surface area contributed by atoms with Gasteiger partial charge in [-0.2, -0.15) is 0 Å². The Kier molecular flexibility index (Phi) is 4.22. The highest BCUT2D eigenvalue weighted by Crippen LogP contribution is 2.12. The first kappa shape index (κ1) is 14.3. The van der Waals surface area contributed by atoms with E-state index in [0.717, 1.165) is 22.3 Å². The Morgan fingerprint density at radius 3 is 2.80 bits per heavy atom. The number of nitrogens with zero attached hydrogens (tertiary/aromatic N) is 1. The van der Waals surface area contributed by atoms with Crippen molar-refractivity contribution in [3.8, 4) is 0 Å². The van der Waals surface area contributed by atoms with E-state index in [0.29, 0.717) is 12.3 Å². The maximum absolute atomic E-state index is 13.0. The normalized spacial score (nSPS) is 10.6. The van der Waals surface area contributed by atoms with Crippen LogP contribution in [0.5, 0.6) is 0 Å². The fourth-order valence-electron chi connectivity index (χ4n) is 2.03. The summed E-state index contributed by atoms with van der Waals surface area (Å²) in [7, 11) is 1.82. The van der Waals surface area contributed by atoms with Crippen molar-refractivity contribution in [3.05, 3.63) is 46.6 Å². The third-order valence-corrected chi connectivity index (χ3v) is 3.30. The molecule has 1 aromatic heterocycles. The van der Waals surface area contributed by atoms with Gasteiger partial charge in [-0.15, -0.1) is 0 Å². The van der Waals surface area contributed by atoms with Gasteiger partial charge in [0.2, 0.25) is 5.91 Å². The molecule has 0 aliphatic rings. The Morgan fingerprint density at radius 1 is 1.45 bits per heavy atom. The lowest BCUT2D eigenvalue weighted by Gasteiger charge is -2.08. The van der Waals surface area contributed by atoms with E-state index in [4.69, 9.17) is 4.52 Å². The zero-order valence-corrected chi connectivity index (χ0v) is 11.8. The average molecular weight is 274 g/mol. The molecule has 0 aliphatic carbocycles. The Morgan fingerprint density at radius 2 is 2.20 bits per heavy atom. The molecular formula is C14H16BFN2O2. The smallest absolute Gasteiger partial charge is 0.224 e. The van der Waals surface area contributed by atoms with E-state index < -0.39 is 0 Å². The summed E-state index contributed by atoms with van der Waals surface area (Å²) >= 11 is 0. The van der Waals surface area contributed by atoms with E-state index >= 15 is 0 Å². The van der Waals surface area contributed by atoms with Crippen LogP contribution in [-0.4, -0.2) is 18.9 Å². The number of aryl methyl sites for hydroxylation is 2. The molecule has 1 aromatic carbocycles. The highest BCUT2D eigenvalue weighted by Gasteiger charge is 2.13. The molecule has 20 heavy (non-hydrogen) atoms. The highest BCUT2D eigenvalue weighted by atomic mass is 19.1. The van der Waals surface area contributed by atoms with E-state index in [2.05, 4.69) is 10.5 Å². The summed E-state index contributed by atoms with van der Waals surface area (Å²) in [6.07, 6.45) is 0.238. The van der Waals surface area contributed by atoms with Gasteiger partial charge in [0, 0.05) is 12.1 Å². The minimum absolute atomic E-state index is 0.108. The van der Waals surface area contributed by atoms with Crippen molar-refractivity contribution in [2.24, 2.45) is 0 Å². The molecule has 0 bridgehead atoms. The molecule has 1 amide bonds. The second-order valence-electron chi connectivity index (χ2n) is 4.83. The van der Waals surface area contributed by atoms with Crippen molar-refractivity contribution in [2.75, 3.05) is 0 Å². The molecule has 0 atom stereocenters. The topological polar surface area (TPSA) is 55.1 Å². The summed E-state index contributed by atoms with van der Waals surface area (Å²) < 4.78 is 18.0. The number of halogens is 1. The zero-order valence-electron chi connectivity index (χ0n) is 11.8. The minimum atomic E-state index is -0.270. The number of carbonyl (C=O) groups excluding carboxylic acids is 1. The van der Waals surface area contributed by atoms with Crippen molar-refractivity contribution in [2.45, 2.75) is 26.8 Å². The Bertz CT molecular complexity index is 621. The van der Waals surface area contributed by atoms with Gasteiger partial charge in [0.05, 0.1) is 12.1 Å². The average Bonchev–Trinajstić information content (AvgIpc) is 2.69. The van der Waals surface area contributed by atoms with Crippen molar-refractivity contribution in [1.29, 1.82) is 0 Å². The van der Waals surface area contributed by atoms with Gasteiger partial charge < -0.3 is 9.84 Å². The molecule has 0 spiro atoms. The van der Waals surface area contributed by atoms with Gasteiger partial charge in [-0.25, -0.2) is 4.39 Å². The maximum atomic E-state index is 13.0. The van der Waals surface area contributed by atoms with Crippen LogP contribution in [0.3, 0.4) is 0 Å². The molecule has 0 radical (unpaired) electrons. The number of aromatic nitrogens is 1. The van der Waals surface area contributed by atoms with Gasteiger partial charge >= 0.3 is 0 Å². The molecule has 4 nitrogen and oxygen atoms in total. The fraction of sp³-hybridized carbons (Fsp3) is 0.286. The zero-order chi connectivity index (χ0) is 14.7. The van der Waals surface area contributed by atoms with Crippen LogP contribution in [0.2, 0.25) is 0 Å². The lowest BCUT2D eigenvalue weighted by Crippen LogP contribution is -2.27. The minimum Gasteiger partial charge on any atom is -0.361 e. The molecule has 0 aliphatic heterocycles. The lowest BCUT2D eigenvalue weighted by molar-refractivity contribution is -0.120. The van der Waals surface area contributed by atoms with E-state index in [1.165, 1.54) is 12.1 Å². The van der Waals surface area contributed by atoms with Crippen molar-refractivity contribution < 1.29 is 13.7 Å². The molecule has 6 heteroatoms. The molecule has 0 fully saturated rings. The number of carbonyl (C=O) groups is 1. The van der Waals surface area contributed by atoms with Gasteiger partial charge in [-0.3, -0.25) is 4.79 Å². The maximum Gasteiger partial charge on any atom is 0.224 e. The predicted molar refractivity (Wildman–Crippen MR) is 76.1 cm³/mol. The van der Waals surface area contributed by atoms with Crippen LogP contribution in [0.15, 0.2) is 22.7 Å². The molecule has 2 aromatic rings. The van der Waals surface area contributed by atoms with Gasteiger partial charge in [0.15, 0.2) is 0 Å². The number of nitrogens with one attached hydrogen (secondary N) is 1. The van der Waals surface area contributed by atoms with Crippen LogP contribution in [0, 0.1) is 19.7 Å². The van der Waals surface area contributed by atoms with Crippen LogP contribution in [0.1, 0.15) is 22.6 Å². The molecule has 1 N–H and O–H groups in total. The first-order valence-corrected chi connectivity index (χ1v) is 6.41. The second-order valence-corrected chi connectivity index (χ2v) is 4.83.